The molecule has 18 heavy (non-hydrogen) atoms. The van der Waals surface area contributed by atoms with Crippen LogP contribution >= 0.6 is 15.9 Å². The van der Waals surface area contributed by atoms with Gasteiger partial charge in [-0.25, -0.2) is 0 Å². The maximum Gasteiger partial charge on any atom is 0.249 e. The molecule has 1 N–H and O–H groups in total. The molecule has 94 valence electrons. The maximum atomic E-state index is 12.0. The van der Waals surface area contributed by atoms with Gasteiger partial charge in [0.15, 0.2) is 5.41 Å². The van der Waals surface area contributed by atoms with Crippen LogP contribution in [0.1, 0.15) is 0 Å². The molecule has 1 fully saturated rings. The summed E-state index contributed by atoms with van der Waals surface area (Å²) in [4.78, 5) is 12.0. The van der Waals surface area contributed by atoms with E-state index in [1.54, 1.807) is 25.3 Å². The van der Waals surface area contributed by atoms with Gasteiger partial charge in [0.05, 0.1) is 30.9 Å². The van der Waals surface area contributed by atoms with Crippen LogP contribution < -0.4 is 10.1 Å². The van der Waals surface area contributed by atoms with E-state index in [-0.39, 0.29) is 19.1 Å². The molecule has 0 unspecified atom stereocenters. The highest BCUT2D eigenvalue weighted by molar-refractivity contribution is 9.10. The smallest absolute Gasteiger partial charge is 0.249 e. The largest absolute Gasteiger partial charge is 0.496 e. The van der Waals surface area contributed by atoms with Gasteiger partial charge >= 0.3 is 0 Å². The average molecular weight is 311 g/mol. The number of amides is 1. The molecule has 1 saturated heterocycles. The van der Waals surface area contributed by atoms with E-state index in [9.17, 15) is 4.79 Å². The van der Waals surface area contributed by atoms with E-state index in [1.165, 1.54) is 0 Å². The van der Waals surface area contributed by atoms with Crippen molar-refractivity contribution in [2.24, 2.45) is 5.41 Å². The Morgan fingerprint density at radius 1 is 1.61 bits per heavy atom. The zero-order chi connectivity index (χ0) is 13.2. The zero-order valence-corrected chi connectivity index (χ0v) is 11.3. The van der Waals surface area contributed by atoms with Crippen LogP contribution in [0.3, 0.4) is 0 Å². The SMILES string of the molecule is COc1ccc(NC(=O)C2(C#N)COC2)cc1Br. The van der Waals surface area contributed by atoms with Crippen molar-refractivity contribution in [3.63, 3.8) is 0 Å². The van der Waals surface area contributed by atoms with E-state index in [0.717, 1.165) is 4.47 Å². The Balaban J connectivity index is 2.13. The van der Waals surface area contributed by atoms with Crippen molar-refractivity contribution in [1.29, 1.82) is 5.26 Å². The van der Waals surface area contributed by atoms with Gasteiger partial charge in [0.2, 0.25) is 5.91 Å². The lowest BCUT2D eigenvalue weighted by Crippen LogP contribution is -2.50. The van der Waals surface area contributed by atoms with Crippen molar-refractivity contribution >= 4 is 27.5 Å². The minimum atomic E-state index is -1.05. The number of rotatable bonds is 3. The van der Waals surface area contributed by atoms with Gasteiger partial charge in [-0.05, 0) is 34.1 Å². The normalized spacial score (nSPS) is 16.3. The van der Waals surface area contributed by atoms with Gasteiger partial charge in [0.1, 0.15) is 5.75 Å². The van der Waals surface area contributed by atoms with E-state index in [2.05, 4.69) is 21.2 Å². The Morgan fingerprint density at radius 3 is 2.78 bits per heavy atom. The molecule has 0 aromatic heterocycles. The van der Waals surface area contributed by atoms with Crippen molar-refractivity contribution in [2.45, 2.75) is 0 Å². The van der Waals surface area contributed by atoms with Crippen LogP contribution in [0.15, 0.2) is 22.7 Å². The number of ether oxygens (including phenoxy) is 2. The second kappa shape index (κ2) is 4.96. The lowest BCUT2D eigenvalue weighted by molar-refractivity contribution is -0.144. The molecule has 0 radical (unpaired) electrons. The number of hydrogen-bond donors (Lipinski definition) is 1. The summed E-state index contributed by atoms with van der Waals surface area (Å²) < 4.78 is 10.8. The quantitative estimate of drug-likeness (QED) is 0.926. The van der Waals surface area contributed by atoms with Crippen LogP contribution in [0.5, 0.6) is 5.75 Å². The van der Waals surface area contributed by atoms with Crippen molar-refractivity contribution < 1.29 is 14.3 Å². The molecule has 1 aliphatic rings. The van der Waals surface area contributed by atoms with E-state index in [1.807, 2.05) is 6.07 Å². The minimum Gasteiger partial charge on any atom is -0.496 e. The molecule has 0 saturated carbocycles. The number of nitrogens with zero attached hydrogens (tertiary/aromatic N) is 1. The van der Waals surface area contributed by atoms with Gasteiger partial charge in [-0.2, -0.15) is 5.26 Å². The molecule has 2 rings (SSSR count). The molecule has 6 heteroatoms. The molecule has 1 aromatic carbocycles. The van der Waals surface area contributed by atoms with E-state index < -0.39 is 5.41 Å². The number of carbonyl (C=O) groups excluding carboxylic acids is 1. The number of hydrogen-bond acceptors (Lipinski definition) is 4. The molecule has 5 nitrogen and oxygen atoms in total. The summed E-state index contributed by atoms with van der Waals surface area (Å²) in [5, 5.41) is 11.7. The van der Waals surface area contributed by atoms with Gasteiger partial charge in [-0.1, -0.05) is 0 Å². The minimum absolute atomic E-state index is 0.145. The first kappa shape index (κ1) is 12.9. The van der Waals surface area contributed by atoms with E-state index in [4.69, 9.17) is 14.7 Å². The fraction of sp³-hybridized carbons (Fsp3) is 0.333. The number of anilines is 1. The summed E-state index contributed by atoms with van der Waals surface area (Å²) in [6.45, 7) is 0.291. The van der Waals surface area contributed by atoms with Gasteiger partial charge in [-0.3, -0.25) is 4.79 Å². The zero-order valence-electron chi connectivity index (χ0n) is 9.70. The van der Waals surface area contributed by atoms with Crippen LogP contribution in [0, 0.1) is 16.7 Å². The van der Waals surface area contributed by atoms with Crippen molar-refractivity contribution in [3.8, 4) is 11.8 Å². The molecule has 1 heterocycles. The first-order valence-electron chi connectivity index (χ1n) is 5.25. The molecular formula is C12H11BrN2O3. The molecular weight excluding hydrogens is 300 g/mol. The van der Waals surface area contributed by atoms with Gasteiger partial charge in [0.25, 0.3) is 0 Å². The molecule has 0 bridgehead atoms. The lowest BCUT2D eigenvalue weighted by Gasteiger charge is -2.33. The van der Waals surface area contributed by atoms with Crippen molar-refractivity contribution in [1.82, 2.24) is 0 Å². The number of halogens is 1. The molecule has 0 atom stereocenters. The third-order valence-electron chi connectivity index (χ3n) is 2.76. The number of methoxy groups -OCH3 is 1. The van der Waals surface area contributed by atoms with Crippen molar-refractivity contribution in [2.75, 3.05) is 25.6 Å². The topological polar surface area (TPSA) is 71.3 Å². The summed E-state index contributed by atoms with van der Waals surface area (Å²) in [6, 6.07) is 7.17. The fourth-order valence-corrected chi connectivity index (χ4v) is 2.09. The second-order valence-corrected chi connectivity index (χ2v) is 4.84. The Hall–Kier alpha value is -1.58. The Bertz CT molecular complexity index is 521. The Morgan fingerprint density at radius 2 is 2.33 bits per heavy atom. The average Bonchev–Trinajstić information content (AvgIpc) is 2.28. The summed E-state index contributed by atoms with van der Waals surface area (Å²) in [5.74, 6) is 0.336. The maximum absolute atomic E-state index is 12.0. The van der Waals surface area contributed by atoms with E-state index >= 15 is 0 Å². The van der Waals surface area contributed by atoms with Crippen molar-refractivity contribution in [3.05, 3.63) is 22.7 Å². The van der Waals surface area contributed by atoms with Gasteiger partial charge < -0.3 is 14.8 Å². The molecule has 1 aliphatic heterocycles. The Labute approximate surface area is 113 Å². The highest BCUT2D eigenvalue weighted by Crippen LogP contribution is 2.31. The predicted molar refractivity (Wildman–Crippen MR) is 68.2 cm³/mol. The summed E-state index contributed by atoms with van der Waals surface area (Å²) in [6.07, 6.45) is 0. The Kier molecular flexibility index (Phi) is 3.55. The molecule has 0 aliphatic carbocycles. The lowest BCUT2D eigenvalue weighted by atomic mass is 9.87. The summed E-state index contributed by atoms with van der Waals surface area (Å²) >= 11 is 3.33. The van der Waals surface area contributed by atoms with Crippen LogP contribution in [0.2, 0.25) is 0 Å². The molecule has 0 spiro atoms. The van der Waals surface area contributed by atoms with Crippen LogP contribution in [0.4, 0.5) is 5.69 Å². The predicted octanol–water partition coefficient (Wildman–Crippen LogP) is 1.94. The number of benzene rings is 1. The van der Waals surface area contributed by atoms with Crippen LogP contribution in [-0.4, -0.2) is 26.2 Å². The van der Waals surface area contributed by atoms with Gasteiger partial charge in [-0.15, -0.1) is 0 Å². The van der Waals surface area contributed by atoms with Crippen LogP contribution in [-0.2, 0) is 9.53 Å². The van der Waals surface area contributed by atoms with E-state index in [0.29, 0.717) is 11.4 Å². The molecule has 1 amide bonds. The van der Waals surface area contributed by atoms with Gasteiger partial charge in [0, 0.05) is 5.69 Å². The number of nitriles is 1. The standard InChI is InChI=1S/C12H11BrN2O3/c1-17-10-3-2-8(4-9(10)13)15-11(16)12(5-14)6-18-7-12/h2-4H,6-7H2,1H3,(H,15,16). The third kappa shape index (κ3) is 2.19. The number of nitrogens with one attached hydrogen (secondary N) is 1. The second-order valence-electron chi connectivity index (χ2n) is 3.99. The fourth-order valence-electron chi connectivity index (χ4n) is 1.55. The molecule has 1 aromatic rings. The highest BCUT2D eigenvalue weighted by Gasteiger charge is 2.46. The first-order chi connectivity index (χ1) is 8.61. The number of carbonyl (C=O) groups is 1. The third-order valence-corrected chi connectivity index (χ3v) is 3.37. The summed E-state index contributed by atoms with van der Waals surface area (Å²) in [5.41, 5.74) is -0.443. The monoisotopic (exact) mass is 310 g/mol. The first-order valence-corrected chi connectivity index (χ1v) is 6.04. The van der Waals surface area contributed by atoms with Crippen LogP contribution in [0.25, 0.3) is 0 Å². The highest BCUT2D eigenvalue weighted by atomic mass is 79.9. The summed E-state index contributed by atoms with van der Waals surface area (Å²) in [7, 11) is 1.56.